The molecule has 11 heteroatoms. The predicted octanol–water partition coefficient (Wildman–Crippen LogP) is 2.75. The molecule has 0 aliphatic heterocycles. The van der Waals surface area contributed by atoms with Crippen molar-refractivity contribution in [3.63, 3.8) is 0 Å². The number of aryl methyl sites for hydroxylation is 1. The number of carbonyl (C=O) groups excluding carboxylic acids is 3. The lowest BCUT2D eigenvalue weighted by Gasteiger charge is -2.51. The molecule has 3 aliphatic carbocycles. The third-order valence-corrected chi connectivity index (χ3v) is 8.04. The predicted molar refractivity (Wildman–Crippen MR) is 130 cm³/mol. The number of rotatable bonds is 7. The number of benzene rings is 1. The molecule has 0 saturated heterocycles. The number of aromatic nitrogens is 4. The molecule has 0 spiro atoms. The molecule has 2 N–H and O–H groups in total. The minimum absolute atomic E-state index is 0.0286. The van der Waals surface area contributed by atoms with Gasteiger partial charge in [-0.1, -0.05) is 12.1 Å². The van der Waals surface area contributed by atoms with E-state index >= 15 is 0 Å². The lowest BCUT2D eigenvalue weighted by molar-refractivity contribution is -0.162. The number of nitrogens with zero attached hydrogens (tertiary/aromatic N) is 4. The summed E-state index contributed by atoms with van der Waals surface area (Å²) in [5.41, 5.74) is 0.961. The fourth-order valence-corrected chi connectivity index (χ4v) is 5.59. The first-order chi connectivity index (χ1) is 17.7. The first-order valence-corrected chi connectivity index (χ1v) is 12.3. The minimum Gasteiger partial charge on any atom is -0.469 e. The molecule has 37 heavy (non-hydrogen) atoms. The molecule has 2 amide bonds. The summed E-state index contributed by atoms with van der Waals surface area (Å²) in [6, 6.07) is 6.01. The Morgan fingerprint density at radius 1 is 1.05 bits per heavy atom. The van der Waals surface area contributed by atoms with Crippen molar-refractivity contribution in [1.82, 2.24) is 30.2 Å². The Hall–Kier alpha value is -3.89. The van der Waals surface area contributed by atoms with Crippen LogP contribution in [-0.2, 0) is 16.1 Å². The first-order valence-electron chi connectivity index (χ1n) is 12.3. The zero-order chi connectivity index (χ0) is 26.2. The maximum atomic E-state index is 13.5. The van der Waals surface area contributed by atoms with Crippen LogP contribution in [-0.4, -0.2) is 51.0 Å². The maximum Gasteiger partial charge on any atom is 0.311 e. The summed E-state index contributed by atoms with van der Waals surface area (Å²) >= 11 is 0. The lowest BCUT2D eigenvalue weighted by Crippen LogP contribution is -2.50. The lowest BCUT2D eigenvalue weighted by atomic mass is 9.53. The van der Waals surface area contributed by atoms with E-state index in [4.69, 9.17) is 4.74 Å². The Labute approximate surface area is 213 Å². The molecule has 1 aromatic carbocycles. The zero-order valence-corrected chi connectivity index (χ0v) is 20.8. The van der Waals surface area contributed by atoms with E-state index < -0.39 is 5.91 Å². The Balaban J connectivity index is 1.28. The van der Waals surface area contributed by atoms with Crippen LogP contribution in [0.1, 0.15) is 70.6 Å². The Morgan fingerprint density at radius 3 is 2.46 bits per heavy atom. The highest BCUT2D eigenvalue weighted by Crippen LogP contribution is 2.57. The van der Waals surface area contributed by atoms with Crippen LogP contribution in [0, 0.1) is 23.6 Å². The number of nitrogens with one attached hydrogen (secondary N) is 2. The van der Waals surface area contributed by atoms with Crippen LogP contribution in [0.2, 0.25) is 0 Å². The maximum absolute atomic E-state index is 13.5. The second kappa shape index (κ2) is 9.53. The Bertz CT molecular complexity index is 1360. The molecule has 3 fully saturated rings. The van der Waals surface area contributed by atoms with Gasteiger partial charge in [-0.05, 0) is 68.1 Å². The normalized spacial score (nSPS) is 22.6. The van der Waals surface area contributed by atoms with Gasteiger partial charge in [0.1, 0.15) is 23.5 Å². The highest BCUT2D eigenvalue weighted by molar-refractivity contribution is 5.98. The van der Waals surface area contributed by atoms with Crippen LogP contribution in [0.5, 0.6) is 0 Å². The number of hydrogen-bond donors (Lipinski definition) is 2. The number of carbonyl (C=O) groups is 3. The number of halogens is 1. The van der Waals surface area contributed by atoms with E-state index in [1.54, 1.807) is 19.1 Å². The van der Waals surface area contributed by atoms with Gasteiger partial charge < -0.3 is 15.4 Å². The van der Waals surface area contributed by atoms with Crippen molar-refractivity contribution in [2.45, 2.75) is 52.0 Å². The number of methoxy groups -OCH3 is 1. The van der Waals surface area contributed by atoms with E-state index in [0.717, 1.165) is 44.1 Å². The van der Waals surface area contributed by atoms with Gasteiger partial charge in [0.15, 0.2) is 0 Å². The molecule has 2 heterocycles. The second-order valence-electron chi connectivity index (χ2n) is 10.2. The standard InChI is InChI=1S/C26H29FN6O4/c1-16-11-17(3-4-18(16)27)13-28-21(34)19-12-20(33-24(32-19)30-15-31-33)22(35)29-14-25-5-8-26(9-6-25,10-7-25)23(36)37-2/h3-4,11-12,15H,5-10,13-14H2,1-2H3,(H,28,34)(H,29,35). The molecule has 0 unspecified atom stereocenters. The minimum atomic E-state index is -0.487. The monoisotopic (exact) mass is 508 g/mol. The van der Waals surface area contributed by atoms with Crippen LogP contribution in [0.25, 0.3) is 5.78 Å². The number of esters is 1. The van der Waals surface area contributed by atoms with Gasteiger partial charge in [0.05, 0.1) is 12.5 Å². The van der Waals surface area contributed by atoms with Crippen LogP contribution in [0.3, 0.4) is 0 Å². The van der Waals surface area contributed by atoms with E-state index in [1.165, 1.54) is 30.1 Å². The molecule has 6 rings (SSSR count). The SMILES string of the molecule is COC(=O)C12CCC(CNC(=O)c3cc(C(=O)NCc4ccc(F)c(C)c4)nc4ncnn34)(CC1)CC2. The molecule has 3 aliphatic rings. The average Bonchev–Trinajstić information content (AvgIpc) is 3.41. The number of hydrogen-bond acceptors (Lipinski definition) is 7. The molecule has 194 valence electrons. The average molecular weight is 509 g/mol. The first kappa shape index (κ1) is 24.8. The summed E-state index contributed by atoms with van der Waals surface area (Å²) < 4.78 is 19.9. The van der Waals surface area contributed by atoms with Crippen LogP contribution in [0.15, 0.2) is 30.6 Å². The van der Waals surface area contributed by atoms with Crippen molar-refractivity contribution in [2.24, 2.45) is 10.8 Å². The van der Waals surface area contributed by atoms with Crippen molar-refractivity contribution >= 4 is 23.6 Å². The highest BCUT2D eigenvalue weighted by Gasteiger charge is 2.53. The molecule has 0 radical (unpaired) electrons. The van der Waals surface area contributed by atoms with Gasteiger partial charge in [0.2, 0.25) is 0 Å². The summed E-state index contributed by atoms with van der Waals surface area (Å²) in [5.74, 6) is -1.18. The van der Waals surface area contributed by atoms with Gasteiger partial charge in [-0.25, -0.2) is 9.37 Å². The number of ether oxygens (including phenoxy) is 1. The van der Waals surface area contributed by atoms with Crippen molar-refractivity contribution < 1.29 is 23.5 Å². The van der Waals surface area contributed by atoms with E-state index in [2.05, 4.69) is 25.7 Å². The summed E-state index contributed by atoms with van der Waals surface area (Å²) in [6.45, 7) is 2.30. The Kier molecular flexibility index (Phi) is 6.38. The van der Waals surface area contributed by atoms with Crippen molar-refractivity contribution in [3.8, 4) is 0 Å². The Morgan fingerprint density at radius 2 is 1.78 bits per heavy atom. The topological polar surface area (TPSA) is 128 Å². The molecule has 2 aromatic heterocycles. The fourth-order valence-electron chi connectivity index (χ4n) is 5.59. The van der Waals surface area contributed by atoms with Crippen molar-refractivity contribution in [3.05, 3.63) is 58.9 Å². The molecule has 0 atom stereocenters. The summed E-state index contributed by atoms with van der Waals surface area (Å²) in [7, 11) is 1.44. The summed E-state index contributed by atoms with van der Waals surface area (Å²) in [5, 5.41) is 9.87. The highest BCUT2D eigenvalue weighted by atomic mass is 19.1. The van der Waals surface area contributed by atoms with Gasteiger partial charge in [-0.2, -0.15) is 14.6 Å². The van der Waals surface area contributed by atoms with Gasteiger partial charge in [0.25, 0.3) is 17.6 Å². The molecule has 10 nitrogen and oxygen atoms in total. The zero-order valence-electron chi connectivity index (χ0n) is 20.8. The van der Waals surface area contributed by atoms with E-state index in [1.807, 2.05) is 0 Å². The van der Waals surface area contributed by atoms with Crippen molar-refractivity contribution in [2.75, 3.05) is 13.7 Å². The third kappa shape index (κ3) is 4.65. The van der Waals surface area contributed by atoms with Gasteiger partial charge in [-0.15, -0.1) is 0 Å². The number of amides is 2. The molecule has 3 saturated carbocycles. The number of fused-ring (bicyclic) bond motifs is 4. The molecule has 3 aromatic rings. The van der Waals surface area contributed by atoms with Gasteiger partial charge >= 0.3 is 5.97 Å². The van der Waals surface area contributed by atoms with E-state index in [-0.39, 0.29) is 52.2 Å². The van der Waals surface area contributed by atoms with E-state index in [0.29, 0.717) is 12.1 Å². The van der Waals surface area contributed by atoms with Gasteiger partial charge in [-0.3, -0.25) is 14.4 Å². The van der Waals surface area contributed by atoms with E-state index in [9.17, 15) is 18.8 Å². The van der Waals surface area contributed by atoms with Crippen LogP contribution >= 0.6 is 0 Å². The van der Waals surface area contributed by atoms with Gasteiger partial charge in [0, 0.05) is 19.2 Å². The third-order valence-electron chi connectivity index (χ3n) is 8.04. The smallest absolute Gasteiger partial charge is 0.311 e. The largest absolute Gasteiger partial charge is 0.469 e. The summed E-state index contributed by atoms with van der Waals surface area (Å²) in [4.78, 5) is 46.7. The van der Waals surface area contributed by atoms with Crippen LogP contribution < -0.4 is 10.6 Å². The molecular weight excluding hydrogens is 479 g/mol. The second-order valence-corrected chi connectivity index (χ2v) is 10.2. The fraction of sp³-hybridized carbons (Fsp3) is 0.462. The molecule has 2 bridgehead atoms. The summed E-state index contributed by atoms with van der Waals surface area (Å²) in [6.07, 6.45) is 6.08. The van der Waals surface area contributed by atoms with Crippen molar-refractivity contribution in [1.29, 1.82) is 0 Å². The van der Waals surface area contributed by atoms with Crippen LogP contribution in [0.4, 0.5) is 4.39 Å². The molecular formula is C26H29FN6O4. The quantitative estimate of drug-likeness (QED) is 0.470.